The Hall–Kier alpha value is -1.31. The molecule has 0 amide bonds. The Kier molecular flexibility index (Phi) is 13.0. The van der Waals surface area contributed by atoms with Gasteiger partial charge < -0.3 is 5.11 Å². The van der Waals surface area contributed by atoms with E-state index < -0.39 is 0 Å². The van der Waals surface area contributed by atoms with E-state index in [1.165, 1.54) is 76.2 Å². The minimum Gasteiger partial charge on any atom is -0.507 e. The summed E-state index contributed by atoms with van der Waals surface area (Å²) in [6.07, 6.45) is 18.6. The van der Waals surface area contributed by atoms with Crippen molar-refractivity contribution < 1.29 is 5.11 Å². The molecule has 1 rings (SSSR count). The van der Waals surface area contributed by atoms with E-state index in [1.807, 2.05) is 18.3 Å². The maximum atomic E-state index is 10.0. The molecule has 1 aromatic carbocycles. The van der Waals surface area contributed by atoms with Crippen molar-refractivity contribution in [2.24, 2.45) is 4.99 Å². The van der Waals surface area contributed by atoms with Gasteiger partial charge in [-0.15, -0.1) is 0 Å². The second-order valence-electron chi connectivity index (χ2n) is 7.21. The zero-order valence-corrected chi connectivity index (χ0v) is 16.6. The van der Waals surface area contributed by atoms with Crippen LogP contribution in [0.3, 0.4) is 0 Å². The van der Waals surface area contributed by atoms with Crippen molar-refractivity contribution in [1.29, 1.82) is 0 Å². The van der Waals surface area contributed by atoms with Crippen molar-refractivity contribution in [3.63, 3.8) is 0 Å². The first kappa shape index (κ1) is 21.7. The molecule has 0 saturated heterocycles. The lowest BCUT2D eigenvalue weighted by Gasteiger charge is -2.05. The van der Waals surface area contributed by atoms with E-state index in [4.69, 9.17) is 0 Å². The SMILES string of the molecule is CCCCCCCCN=Cc1cc(CCCCCCCC)ccc1O. The minimum atomic E-state index is 0.346. The van der Waals surface area contributed by atoms with Crippen LogP contribution in [0.1, 0.15) is 102 Å². The number of phenolic OH excluding ortho intramolecular Hbond substituents is 1. The van der Waals surface area contributed by atoms with Crippen molar-refractivity contribution in [2.45, 2.75) is 97.3 Å². The first-order valence-corrected chi connectivity index (χ1v) is 10.6. The smallest absolute Gasteiger partial charge is 0.124 e. The number of benzene rings is 1. The van der Waals surface area contributed by atoms with Gasteiger partial charge in [0.2, 0.25) is 0 Å². The number of rotatable bonds is 15. The van der Waals surface area contributed by atoms with Crippen LogP contribution < -0.4 is 0 Å². The summed E-state index contributed by atoms with van der Waals surface area (Å²) in [5.74, 6) is 0.346. The van der Waals surface area contributed by atoms with E-state index in [0.717, 1.165) is 24.9 Å². The van der Waals surface area contributed by atoms with Crippen molar-refractivity contribution in [3.05, 3.63) is 29.3 Å². The zero-order valence-electron chi connectivity index (χ0n) is 16.6. The van der Waals surface area contributed by atoms with E-state index in [-0.39, 0.29) is 0 Å². The van der Waals surface area contributed by atoms with Crippen LogP contribution in [0.25, 0.3) is 0 Å². The fourth-order valence-electron chi connectivity index (χ4n) is 3.12. The van der Waals surface area contributed by atoms with Gasteiger partial charge in [-0.3, -0.25) is 4.99 Å². The molecule has 0 saturated carbocycles. The van der Waals surface area contributed by atoms with Gasteiger partial charge in [-0.1, -0.05) is 84.1 Å². The van der Waals surface area contributed by atoms with Gasteiger partial charge in [-0.25, -0.2) is 0 Å². The third-order valence-electron chi connectivity index (χ3n) is 4.78. The summed E-state index contributed by atoms with van der Waals surface area (Å²) >= 11 is 0. The third kappa shape index (κ3) is 11.0. The zero-order chi connectivity index (χ0) is 18.2. The Balaban J connectivity index is 2.27. The largest absolute Gasteiger partial charge is 0.507 e. The Bertz CT molecular complexity index is 467. The molecule has 0 atom stereocenters. The lowest BCUT2D eigenvalue weighted by molar-refractivity contribution is 0.474. The minimum absolute atomic E-state index is 0.346. The van der Waals surface area contributed by atoms with Crippen LogP contribution in [0.2, 0.25) is 0 Å². The van der Waals surface area contributed by atoms with Crippen LogP contribution in [0.15, 0.2) is 23.2 Å². The average molecular weight is 346 g/mol. The highest BCUT2D eigenvalue weighted by molar-refractivity contribution is 5.83. The number of aryl methyl sites for hydroxylation is 1. The Morgan fingerprint density at radius 2 is 1.40 bits per heavy atom. The fraction of sp³-hybridized carbons (Fsp3) is 0.696. The van der Waals surface area contributed by atoms with Gasteiger partial charge in [0, 0.05) is 18.3 Å². The van der Waals surface area contributed by atoms with Gasteiger partial charge in [0.15, 0.2) is 0 Å². The molecular formula is C23H39NO. The number of phenols is 1. The first-order chi connectivity index (χ1) is 12.3. The van der Waals surface area contributed by atoms with E-state index in [2.05, 4.69) is 24.9 Å². The van der Waals surface area contributed by atoms with Gasteiger partial charge in [0.1, 0.15) is 5.75 Å². The van der Waals surface area contributed by atoms with Gasteiger partial charge in [0.05, 0.1) is 0 Å². The average Bonchev–Trinajstić information content (AvgIpc) is 2.62. The molecule has 0 aliphatic carbocycles. The molecule has 142 valence electrons. The van der Waals surface area contributed by atoms with E-state index in [1.54, 1.807) is 0 Å². The van der Waals surface area contributed by atoms with E-state index >= 15 is 0 Å². The Morgan fingerprint density at radius 1 is 0.800 bits per heavy atom. The van der Waals surface area contributed by atoms with E-state index in [9.17, 15) is 5.11 Å². The third-order valence-corrected chi connectivity index (χ3v) is 4.78. The van der Waals surface area contributed by atoms with Gasteiger partial charge in [0.25, 0.3) is 0 Å². The molecule has 0 bridgehead atoms. The number of aliphatic imine (C=N–C) groups is 1. The maximum Gasteiger partial charge on any atom is 0.124 e. The Morgan fingerprint density at radius 3 is 2.08 bits per heavy atom. The molecule has 0 fully saturated rings. The first-order valence-electron chi connectivity index (χ1n) is 10.6. The summed E-state index contributed by atoms with van der Waals surface area (Å²) in [4.78, 5) is 4.51. The summed E-state index contributed by atoms with van der Waals surface area (Å²) in [7, 11) is 0. The number of hydrogen-bond donors (Lipinski definition) is 1. The van der Waals surface area contributed by atoms with Crippen LogP contribution in [-0.4, -0.2) is 17.9 Å². The molecule has 1 aromatic rings. The molecule has 0 spiro atoms. The van der Waals surface area contributed by atoms with Crippen LogP contribution in [0.4, 0.5) is 0 Å². The molecule has 0 heterocycles. The van der Waals surface area contributed by atoms with E-state index in [0.29, 0.717) is 5.75 Å². The summed E-state index contributed by atoms with van der Waals surface area (Å²) in [5.41, 5.74) is 2.18. The van der Waals surface area contributed by atoms with Crippen LogP contribution >= 0.6 is 0 Å². The molecule has 0 unspecified atom stereocenters. The lowest BCUT2D eigenvalue weighted by Crippen LogP contribution is -1.91. The van der Waals surface area contributed by atoms with Gasteiger partial charge in [-0.2, -0.15) is 0 Å². The van der Waals surface area contributed by atoms with Crippen molar-refractivity contribution in [3.8, 4) is 5.75 Å². The second-order valence-corrected chi connectivity index (χ2v) is 7.21. The van der Waals surface area contributed by atoms with Gasteiger partial charge >= 0.3 is 0 Å². The number of unbranched alkanes of at least 4 members (excludes halogenated alkanes) is 10. The molecule has 2 nitrogen and oxygen atoms in total. The molecular weight excluding hydrogens is 306 g/mol. The molecule has 0 aliphatic rings. The highest BCUT2D eigenvalue weighted by Crippen LogP contribution is 2.19. The monoisotopic (exact) mass is 345 g/mol. The summed E-state index contributed by atoms with van der Waals surface area (Å²) in [6, 6.07) is 5.97. The Labute approximate surface area is 155 Å². The van der Waals surface area contributed by atoms with Crippen LogP contribution in [0.5, 0.6) is 5.75 Å². The predicted molar refractivity (Wildman–Crippen MR) is 111 cm³/mol. The number of aromatic hydroxyl groups is 1. The summed E-state index contributed by atoms with van der Waals surface area (Å²) < 4.78 is 0. The molecule has 1 N–H and O–H groups in total. The van der Waals surface area contributed by atoms with Gasteiger partial charge in [-0.05, 0) is 37.0 Å². The standard InChI is InChI=1S/C23H39NO/c1-3-5-7-9-11-13-15-21-16-17-23(25)22(19-21)20-24-18-14-12-10-8-6-4-2/h16-17,19-20,25H,3-15,18H2,1-2H3. The molecule has 0 radical (unpaired) electrons. The second kappa shape index (κ2) is 15.0. The summed E-state index contributed by atoms with van der Waals surface area (Å²) in [6.45, 7) is 5.37. The topological polar surface area (TPSA) is 32.6 Å². The highest BCUT2D eigenvalue weighted by Gasteiger charge is 2.01. The highest BCUT2D eigenvalue weighted by atomic mass is 16.3. The molecule has 0 aromatic heterocycles. The molecule has 0 aliphatic heterocycles. The maximum absolute atomic E-state index is 10.0. The van der Waals surface area contributed by atoms with Crippen LogP contribution in [0, 0.1) is 0 Å². The lowest BCUT2D eigenvalue weighted by atomic mass is 10.0. The van der Waals surface area contributed by atoms with Crippen molar-refractivity contribution >= 4 is 6.21 Å². The molecule has 2 heteroatoms. The normalized spacial score (nSPS) is 11.4. The van der Waals surface area contributed by atoms with Crippen LogP contribution in [-0.2, 0) is 6.42 Å². The quantitative estimate of drug-likeness (QED) is 0.267. The fourth-order valence-corrected chi connectivity index (χ4v) is 3.12. The number of nitrogens with zero attached hydrogens (tertiary/aromatic N) is 1. The summed E-state index contributed by atoms with van der Waals surface area (Å²) in [5, 5.41) is 10.0. The van der Waals surface area contributed by atoms with Crippen molar-refractivity contribution in [1.82, 2.24) is 0 Å². The molecule has 25 heavy (non-hydrogen) atoms. The van der Waals surface area contributed by atoms with Crippen molar-refractivity contribution in [2.75, 3.05) is 6.54 Å². The number of hydrogen-bond acceptors (Lipinski definition) is 2. The predicted octanol–water partition coefficient (Wildman–Crippen LogP) is 7.07.